The Hall–Kier alpha value is -1.40. The summed E-state index contributed by atoms with van der Waals surface area (Å²) in [6.45, 7) is 3.63. The predicted octanol–water partition coefficient (Wildman–Crippen LogP) is 1.97. The molecule has 0 saturated heterocycles. The number of rotatable bonds is 3. The Bertz CT molecular complexity index is 284. The second kappa shape index (κ2) is 4.47. The van der Waals surface area contributed by atoms with E-state index in [4.69, 9.17) is 5.41 Å². The van der Waals surface area contributed by atoms with Crippen LogP contribution in [0.25, 0.3) is 0 Å². The van der Waals surface area contributed by atoms with Gasteiger partial charge in [0.15, 0.2) is 0 Å². The van der Waals surface area contributed by atoms with Crippen molar-refractivity contribution in [2.45, 2.75) is 13.5 Å². The average molecular weight is 161 g/mol. The highest BCUT2D eigenvalue weighted by Crippen LogP contribution is 1.99. The molecule has 0 aromatic heterocycles. The van der Waals surface area contributed by atoms with Crippen molar-refractivity contribution < 1.29 is 4.58 Å². The lowest BCUT2D eigenvalue weighted by Crippen LogP contribution is -2.08. The number of hydrogen-bond donors (Lipinski definition) is 1. The van der Waals surface area contributed by atoms with E-state index in [-0.39, 0.29) is 0 Å². The number of nitrogens with zero attached hydrogens (tertiary/aromatic N) is 1. The van der Waals surface area contributed by atoms with Gasteiger partial charge in [-0.1, -0.05) is 35.7 Å². The molecule has 0 heterocycles. The Morgan fingerprint density at radius 2 is 2.00 bits per heavy atom. The summed E-state index contributed by atoms with van der Waals surface area (Å²) in [5, 5.41) is 6.99. The summed E-state index contributed by atoms with van der Waals surface area (Å²) in [4.78, 5) is 0. The van der Waals surface area contributed by atoms with Gasteiger partial charge >= 0.3 is 6.01 Å². The van der Waals surface area contributed by atoms with Crippen molar-refractivity contribution in [2.24, 2.45) is 0 Å². The smallest absolute Gasteiger partial charge is 0.216 e. The number of nitrogens with one attached hydrogen (secondary N) is 1. The van der Waals surface area contributed by atoms with Crippen LogP contribution in [0.5, 0.6) is 0 Å². The molecule has 0 fully saturated rings. The van der Waals surface area contributed by atoms with Crippen LogP contribution >= 0.6 is 0 Å². The van der Waals surface area contributed by atoms with Crippen LogP contribution in [0.2, 0.25) is 0 Å². The molecule has 2 nitrogen and oxygen atoms in total. The molecule has 0 spiro atoms. The largest absolute Gasteiger partial charge is 0.304 e. The molecule has 0 atom stereocenters. The quantitative estimate of drug-likeness (QED) is 0.518. The lowest BCUT2D eigenvalue weighted by molar-refractivity contribution is -0.534. The van der Waals surface area contributed by atoms with Crippen molar-refractivity contribution in [3.63, 3.8) is 0 Å². The maximum atomic E-state index is 6.99. The molecule has 1 N–H and O–H groups in total. The first-order chi connectivity index (χ1) is 5.86. The molecule has 0 aliphatic heterocycles. The first kappa shape index (κ1) is 8.69. The van der Waals surface area contributed by atoms with Crippen molar-refractivity contribution in [3.8, 4) is 0 Å². The van der Waals surface area contributed by atoms with E-state index >= 15 is 0 Å². The molecular formula is C10H13N2+. The highest BCUT2D eigenvalue weighted by molar-refractivity contribution is 5.28. The Kier molecular flexibility index (Phi) is 3.24. The lowest BCUT2D eigenvalue weighted by Gasteiger charge is -1.99. The van der Waals surface area contributed by atoms with Gasteiger partial charge in [0.2, 0.25) is 0 Å². The van der Waals surface area contributed by atoms with Crippen LogP contribution < -0.4 is 0 Å². The van der Waals surface area contributed by atoms with E-state index in [2.05, 4.69) is 18.1 Å². The van der Waals surface area contributed by atoms with Crippen molar-refractivity contribution in [3.05, 3.63) is 35.9 Å². The maximum absolute atomic E-state index is 6.99. The summed E-state index contributed by atoms with van der Waals surface area (Å²) in [6.07, 6.45) is 0. The zero-order chi connectivity index (χ0) is 8.81. The zero-order valence-electron chi connectivity index (χ0n) is 7.25. The summed E-state index contributed by atoms with van der Waals surface area (Å²) < 4.78 is 1.83. The van der Waals surface area contributed by atoms with E-state index in [1.165, 1.54) is 5.56 Å². The van der Waals surface area contributed by atoms with Crippen LogP contribution in [0.4, 0.5) is 0 Å². The standard InChI is InChI=1S/C10H13N2/c1-2-12(9-11)8-10-6-4-3-5-7-10/h3-7,11H,2,8H2,1H3/q+1. The van der Waals surface area contributed by atoms with Gasteiger partial charge in [-0.05, 0) is 12.5 Å². The van der Waals surface area contributed by atoms with Gasteiger partial charge in [-0.3, -0.25) is 0 Å². The van der Waals surface area contributed by atoms with Gasteiger partial charge in [0.1, 0.15) is 6.54 Å². The van der Waals surface area contributed by atoms with Gasteiger partial charge in [-0.25, -0.2) is 4.58 Å². The minimum Gasteiger partial charge on any atom is -0.216 e. The molecule has 1 aromatic carbocycles. The van der Waals surface area contributed by atoms with Gasteiger partial charge < -0.3 is 0 Å². The van der Waals surface area contributed by atoms with Gasteiger partial charge in [0.05, 0.1) is 6.54 Å². The third-order valence-corrected chi connectivity index (χ3v) is 1.76. The highest BCUT2D eigenvalue weighted by atomic mass is 15.0. The second-order valence-corrected chi connectivity index (χ2v) is 2.61. The molecule has 0 saturated carbocycles. The lowest BCUT2D eigenvalue weighted by atomic mass is 10.2. The minimum absolute atomic E-state index is 0.779. The van der Waals surface area contributed by atoms with Crippen molar-refractivity contribution in [1.82, 2.24) is 0 Å². The third-order valence-electron chi connectivity index (χ3n) is 1.76. The molecule has 0 radical (unpaired) electrons. The monoisotopic (exact) mass is 161 g/mol. The Labute approximate surface area is 72.7 Å². The molecule has 62 valence electrons. The van der Waals surface area contributed by atoms with E-state index in [9.17, 15) is 0 Å². The van der Waals surface area contributed by atoms with E-state index in [1.54, 1.807) is 0 Å². The normalized spacial score (nSPS) is 9.08. The molecule has 12 heavy (non-hydrogen) atoms. The Balaban J connectivity index is 2.70. The first-order valence-corrected chi connectivity index (χ1v) is 4.08. The van der Waals surface area contributed by atoms with E-state index in [0.29, 0.717) is 0 Å². The van der Waals surface area contributed by atoms with Gasteiger partial charge in [-0.15, -0.1) is 0 Å². The van der Waals surface area contributed by atoms with Crippen LogP contribution in [-0.2, 0) is 6.54 Å². The van der Waals surface area contributed by atoms with E-state index < -0.39 is 0 Å². The summed E-state index contributed by atoms with van der Waals surface area (Å²) in [5.41, 5.74) is 1.22. The van der Waals surface area contributed by atoms with Crippen LogP contribution in [0.3, 0.4) is 0 Å². The maximum Gasteiger partial charge on any atom is 0.304 e. The summed E-state index contributed by atoms with van der Waals surface area (Å²) >= 11 is 0. The predicted molar refractivity (Wildman–Crippen MR) is 48.7 cm³/mol. The third kappa shape index (κ3) is 2.33. The van der Waals surface area contributed by atoms with Crippen LogP contribution in [0, 0.1) is 5.41 Å². The Morgan fingerprint density at radius 3 is 2.50 bits per heavy atom. The topological polar surface area (TPSA) is 26.9 Å². The molecule has 1 rings (SSSR count). The first-order valence-electron chi connectivity index (χ1n) is 4.08. The average Bonchev–Trinajstić information content (AvgIpc) is 2.16. The molecule has 0 amide bonds. The number of benzene rings is 1. The van der Waals surface area contributed by atoms with Crippen LogP contribution in [0.15, 0.2) is 30.3 Å². The highest BCUT2D eigenvalue weighted by Gasteiger charge is 1.96. The minimum atomic E-state index is 0.779. The SMILES string of the molecule is CC[N+](=C=N)Cc1ccccc1. The van der Waals surface area contributed by atoms with Crippen molar-refractivity contribution in [1.29, 1.82) is 5.41 Å². The summed E-state index contributed by atoms with van der Waals surface area (Å²) in [5.74, 6) is 0. The molecule has 0 bridgehead atoms. The van der Waals surface area contributed by atoms with Crippen LogP contribution in [0.1, 0.15) is 12.5 Å². The molecule has 0 aliphatic carbocycles. The molecule has 0 aliphatic rings. The van der Waals surface area contributed by atoms with E-state index in [1.807, 2.05) is 29.7 Å². The fourth-order valence-electron chi connectivity index (χ4n) is 1.03. The van der Waals surface area contributed by atoms with Gasteiger partial charge in [-0.2, -0.15) is 0 Å². The molecule has 2 heteroatoms. The molecular weight excluding hydrogens is 148 g/mol. The summed E-state index contributed by atoms with van der Waals surface area (Å²) in [6, 6.07) is 12.5. The van der Waals surface area contributed by atoms with Crippen molar-refractivity contribution in [2.75, 3.05) is 6.54 Å². The van der Waals surface area contributed by atoms with Gasteiger partial charge in [0.25, 0.3) is 0 Å². The fourth-order valence-corrected chi connectivity index (χ4v) is 1.03. The second-order valence-electron chi connectivity index (χ2n) is 2.61. The fraction of sp³-hybridized carbons (Fsp3) is 0.300. The van der Waals surface area contributed by atoms with Crippen LogP contribution in [-0.4, -0.2) is 17.1 Å². The Morgan fingerprint density at radius 1 is 1.33 bits per heavy atom. The molecule has 0 unspecified atom stereocenters. The summed E-state index contributed by atoms with van der Waals surface area (Å²) in [7, 11) is 0. The number of hydrogen-bond acceptors (Lipinski definition) is 1. The molecule has 1 aromatic rings. The van der Waals surface area contributed by atoms with E-state index in [0.717, 1.165) is 13.1 Å². The van der Waals surface area contributed by atoms with Gasteiger partial charge in [0, 0.05) is 0 Å². The van der Waals surface area contributed by atoms with Crippen molar-refractivity contribution >= 4 is 6.01 Å². The zero-order valence-corrected chi connectivity index (χ0v) is 7.25.